The molecule has 5 nitrogen and oxygen atoms in total. The maximum Gasteiger partial charge on any atom is 0.261 e. The van der Waals surface area contributed by atoms with E-state index in [1.807, 2.05) is 0 Å². The molecule has 0 spiro atoms. The van der Waals surface area contributed by atoms with Crippen LogP contribution in [0.15, 0.2) is 27.7 Å². The number of benzene rings is 1. The Bertz CT molecular complexity index is 742. The van der Waals surface area contributed by atoms with E-state index in [1.54, 1.807) is 23.0 Å². The summed E-state index contributed by atoms with van der Waals surface area (Å²) < 4.78 is 2.37. The van der Waals surface area contributed by atoms with Gasteiger partial charge in [0.05, 0.1) is 28.4 Å². The Kier molecular flexibility index (Phi) is 7.22. The van der Waals surface area contributed by atoms with E-state index >= 15 is 0 Å². The number of aromatic nitrogens is 2. The number of piperidine rings is 1. The van der Waals surface area contributed by atoms with Gasteiger partial charge in [0.2, 0.25) is 0 Å². The van der Waals surface area contributed by atoms with Crippen molar-refractivity contribution >= 4 is 38.4 Å². The molecule has 3 rings (SSSR count). The number of nitrogens with zero attached hydrogens (tertiary/aromatic N) is 2. The maximum absolute atomic E-state index is 12.2. The molecule has 1 aliphatic rings. The zero-order valence-corrected chi connectivity index (χ0v) is 16.3. The van der Waals surface area contributed by atoms with Crippen molar-refractivity contribution in [3.05, 3.63) is 38.3 Å². The molecule has 1 fully saturated rings. The Morgan fingerprint density at radius 2 is 2.25 bits per heavy atom. The SMILES string of the molecule is CC(C)Cn1cnc2cc(Br)c(Cl)cc2c1=O.OC1CCCNC1. The first-order valence-electron chi connectivity index (χ1n) is 8.11. The van der Waals surface area contributed by atoms with E-state index in [9.17, 15) is 4.79 Å². The third-order valence-corrected chi connectivity index (χ3v) is 4.90. The highest BCUT2D eigenvalue weighted by atomic mass is 79.9. The number of hydrogen-bond donors (Lipinski definition) is 2. The largest absolute Gasteiger partial charge is 0.392 e. The number of fused-ring (bicyclic) bond motifs is 1. The molecule has 0 aliphatic carbocycles. The predicted molar refractivity (Wildman–Crippen MR) is 102 cm³/mol. The van der Waals surface area contributed by atoms with Gasteiger partial charge in [-0.3, -0.25) is 9.36 Å². The molecule has 24 heavy (non-hydrogen) atoms. The highest BCUT2D eigenvalue weighted by Gasteiger charge is 2.08. The third-order valence-electron chi connectivity index (χ3n) is 3.70. The fraction of sp³-hybridized carbons (Fsp3) is 0.529. The maximum atomic E-state index is 12.2. The summed E-state index contributed by atoms with van der Waals surface area (Å²) >= 11 is 9.31. The van der Waals surface area contributed by atoms with Gasteiger partial charge in [0, 0.05) is 17.6 Å². The van der Waals surface area contributed by atoms with Gasteiger partial charge in [-0.1, -0.05) is 25.4 Å². The number of hydrogen-bond acceptors (Lipinski definition) is 4. The zero-order chi connectivity index (χ0) is 17.7. The second-order valence-electron chi connectivity index (χ2n) is 6.38. The second-order valence-corrected chi connectivity index (χ2v) is 7.64. The molecule has 0 radical (unpaired) electrons. The molecule has 0 amide bonds. The Morgan fingerprint density at radius 3 is 2.79 bits per heavy atom. The van der Waals surface area contributed by atoms with Crippen LogP contribution in [0.1, 0.15) is 26.7 Å². The minimum atomic E-state index is -0.0752. The second kappa shape index (κ2) is 8.94. The van der Waals surface area contributed by atoms with Crippen molar-refractivity contribution in [3.8, 4) is 0 Å². The molecule has 2 heterocycles. The quantitative estimate of drug-likeness (QED) is 0.789. The summed E-state index contributed by atoms with van der Waals surface area (Å²) in [7, 11) is 0. The van der Waals surface area contributed by atoms with E-state index < -0.39 is 0 Å². The number of halogens is 2. The standard InChI is InChI=1S/C12H12BrClN2O.C5H11NO/c1-7(2)5-16-6-15-11-4-9(13)10(14)3-8(11)12(16)17;7-5-2-1-3-6-4-5/h3-4,6-7H,5H2,1-2H3;5-7H,1-4H2. The number of aliphatic hydroxyl groups excluding tert-OH is 1. The van der Waals surface area contributed by atoms with Gasteiger partial charge >= 0.3 is 0 Å². The first kappa shape index (κ1) is 19.4. The summed E-state index contributed by atoms with van der Waals surface area (Å²) in [5.74, 6) is 0.401. The third kappa shape index (κ3) is 5.28. The lowest BCUT2D eigenvalue weighted by Crippen LogP contribution is -2.33. The molecule has 1 aromatic heterocycles. The topological polar surface area (TPSA) is 67.2 Å². The Morgan fingerprint density at radius 1 is 1.50 bits per heavy atom. The van der Waals surface area contributed by atoms with Gasteiger partial charge in [0.25, 0.3) is 5.56 Å². The molecule has 1 saturated heterocycles. The molecule has 132 valence electrons. The van der Waals surface area contributed by atoms with Crippen LogP contribution < -0.4 is 10.9 Å². The molecule has 0 bridgehead atoms. The van der Waals surface area contributed by atoms with Gasteiger partial charge in [-0.25, -0.2) is 4.98 Å². The average Bonchev–Trinajstić information content (AvgIpc) is 2.53. The minimum absolute atomic E-state index is 0.0434. The fourth-order valence-corrected chi connectivity index (χ4v) is 3.01. The van der Waals surface area contributed by atoms with Gasteiger partial charge in [-0.05, 0) is 53.4 Å². The summed E-state index contributed by atoms with van der Waals surface area (Å²) in [5, 5.41) is 13.0. The van der Waals surface area contributed by atoms with Crippen molar-refractivity contribution in [3.63, 3.8) is 0 Å². The van der Waals surface area contributed by atoms with E-state index in [1.165, 1.54) is 0 Å². The molecule has 1 aromatic carbocycles. The molecule has 7 heteroatoms. The van der Waals surface area contributed by atoms with E-state index in [0.717, 1.165) is 30.4 Å². The van der Waals surface area contributed by atoms with E-state index in [2.05, 4.69) is 40.1 Å². The van der Waals surface area contributed by atoms with Crippen molar-refractivity contribution in [1.82, 2.24) is 14.9 Å². The lowest BCUT2D eigenvalue weighted by atomic mass is 10.1. The van der Waals surface area contributed by atoms with Crippen molar-refractivity contribution < 1.29 is 5.11 Å². The summed E-state index contributed by atoms with van der Waals surface area (Å²) in [6.45, 7) is 6.66. The van der Waals surface area contributed by atoms with Crippen LogP contribution in [-0.2, 0) is 6.54 Å². The van der Waals surface area contributed by atoms with Crippen molar-refractivity contribution in [2.24, 2.45) is 5.92 Å². The van der Waals surface area contributed by atoms with Crippen molar-refractivity contribution in [2.75, 3.05) is 13.1 Å². The summed E-state index contributed by atoms with van der Waals surface area (Å²) in [6.07, 6.45) is 3.62. The Balaban J connectivity index is 0.000000249. The van der Waals surface area contributed by atoms with Gasteiger partial charge in [-0.2, -0.15) is 0 Å². The molecule has 2 aromatic rings. The van der Waals surface area contributed by atoms with Crippen molar-refractivity contribution in [2.45, 2.75) is 39.3 Å². The monoisotopic (exact) mass is 415 g/mol. The smallest absolute Gasteiger partial charge is 0.261 e. The van der Waals surface area contributed by atoms with Gasteiger partial charge in [0.15, 0.2) is 0 Å². The minimum Gasteiger partial charge on any atom is -0.392 e. The molecule has 1 atom stereocenters. The summed E-state index contributed by atoms with van der Waals surface area (Å²) in [5.41, 5.74) is 0.615. The number of rotatable bonds is 2. The number of aliphatic hydroxyl groups is 1. The average molecular weight is 417 g/mol. The Labute approximate surface area is 155 Å². The molecule has 1 aliphatic heterocycles. The van der Waals surface area contributed by atoms with Crippen LogP contribution in [0.4, 0.5) is 0 Å². The highest BCUT2D eigenvalue weighted by molar-refractivity contribution is 9.10. The van der Waals surface area contributed by atoms with E-state index in [-0.39, 0.29) is 11.7 Å². The van der Waals surface area contributed by atoms with Crippen LogP contribution in [0, 0.1) is 5.92 Å². The van der Waals surface area contributed by atoms with Gasteiger partial charge in [0.1, 0.15) is 0 Å². The molecular weight excluding hydrogens is 394 g/mol. The van der Waals surface area contributed by atoms with Crippen LogP contribution in [-0.4, -0.2) is 33.9 Å². The highest BCUT2D eigenvalue weighted by Crippen LogP contribution is 2.25. The lowest BCUT2D eigenvalue weighted by Gasteiger charge is -2.16. The van der Waals surface area contributed by atoms with Crippen LogP contribution in [0.2, 0.25) is 5.02 Å². The van der Waals surface area contributed by atoms with Crippen molar-refractivity contribution in [1.29, 1.82) is 0 Å². The molecule has 2 N–H and O–H groups in total. The number of nitrogens with one attached hydrogen (secondary N) is 1. The van der Waals surface area contributed by atoms with Crippen LogP contribution >= 0.6 is 27.5 Å². The molecular formula is C17H23BrClN3O2. The van der Waals surface area contributed by atoms with Crippen LogP contribution in [0.5, 0.6) is 0 Å². The molecule has 1 unspecified atom stereocenters. The Hall–Kier alpha value is -0.950. The summed E-state index contributed by atoms with van der Waals surface area (Å²) in [4.78, 5) is 16.4. The first-order chi connectivity index (χ1) is 11.4. The van der Waals surface area contributed by atoms with E-state index in [4.69, 9.17) is 16.7 Å². The van der Waals surface area contributed by atoms with Crippen LogP contribution in [0.25, 0.3) is 10.9 Å². The van der Waals surface area contributed by atoms with Gasteiger partial charge < -0.3 is 10.4 Å². The summed E-state index contributed by atoms with van der Waals surface area (Å²) in [6, 6.07) is 3.42. The zero-order valence-electron chi connectivity index (χ0n) is 13.9. The van der Waals surface area contributed by atoms with Crippen LogP contribution in [0.3, 0.4) is 0 Å². The first-order valence-corrected chi connectivity index (χ1v) is 9.28. The fourth-order valence-electron chi connectivity index (χ4n) is 2.51. The normalized spacial score (nSPS) is 17.7. The lowest BCUT2D eigenvalue weighted by molar-refractivity contribution is 0.142. The van der Waals surface area contributed by atoms with Gasteiger partial charge in [-0.15, -0.1) is 0 Å². The van der Waals surface area contributed by atoms with E-state index in [0.29, 0.717) is 28.4 Å². The number of β-amino-alcohol motifs (C(OH)–C–C–N with tert-alkyl or cyclic N) is 1. The predicted octanol–water partition coefficient (Wildman–Crippen LogP) is 3.20. The molecule has 0 saturated carbocycles.